The number of nitrogens with one attached hydrogen (secondary N) is 1. The van der Waals surface area contributed by atoms with Gasteiger partial charge in [-0.25, -0.2) is 4.98 Å². The molecule has 1 aliphatic rings. The highest BCUT2D eigenvalue weighted by atomic mass is 32.2. The van der Waals surface area contributed by atoms with Crippen LogP contribution in [0.15, 0.2) is 23.4 Å². The minimum Gasteiger partial charge on any atom is -0.494 e. The number of nitrogens with zero attached hydrogens (tertiary/aromatic N) is 2. The van der Waals surface area contributed by atoms with Gasteiger partial charge in [-0.15, -0.1) is 0 Å². The first kappa shape index (κ1) is 18.1. The number of imidazole rings is 1. The van der Waals surface area contributed by atoms with E-state index in [-0.39, 0.29) is 11.2 Å². The van der Waals surface area contributed by atoms with Crippen LogP contribution < -0.4 is 4.74 Å². The van der Waals surface area contributed by atoms with E-state index in [1.807, 2.05) is 44.0 Å². The second-order valence-corrected chi connectivity index (χ2v) is 7.98. The highest BCUT2D eigenvalue weighted by Gasteiger charge is 2.26. The molecule has 1 unspecified atom stereocenters. The van der Waals surface area contributed by atoms with E-state index in [1.165, 1.54) is 31.0 Å². The van der Waals surface area contributed by atoms with E-state index in [9.17, 15) is 4.79 Å². The number of hydrogen-bond acceptors (Lipinski definition) is 4. The highest BCUT2D eigenvalue weighted by Crippen LogP contribution is 2.28. The number of fused-ring (bicyclic) bond motifs is 1. The van der Waals surface area contributed by atoms with Crippen molar-refractivity contribution in [3.8, 4) is 5.75 Å². The van der Waals surface area contributed by atoms with Gasteiger partial charge in [0.2, 0.25) is 5.91 Å². The Morgan fingerprint density at radius 2 is 2.16 bits per heavy atom. The van der Waals surface area contributed by atoms with Crippen molar-refractivity contribution in [3.63, 3.8) is 0 Å². The van der Waals surface area contributed by atoms with E-state index in [0.717, 1.165) is 34.8 Å². The van der Waals surface area contributed by atoms with Crippen LogP contribution in [0.2, 0.25) is 0 Å². The molecule has 136 valence electrons. The van der Waals surface area contributed by atoms with Crippen molar-refractivity contribution < 1.29 is 9.53 Å². The number of H-pyrrole nitrogens is 1. The molecule has 1 atom stereocenters. The zero-order chi connectivity index (χ0) is 17.8. The molecule has 1 aliphatic carbocycles. The van der Waals surface area contributed by atoms with Crippen molar-refractivity contribution in [3.05, 3.63) is 18.2 Å². The first-order valence-corrected chi connectivity index (χ1v) is 10.0. The van der Waals surface area contributed by atoms with Gasteiger partial charge in [-0.05, 0) is 38.8 Å². The fourth-order valence-corrected chi connectivity index (χ4v) is 4.35. The van der Waals surface area contributed by atoms with E-state index >= 15 is 0 Å². The lowest BCUT2D eigenvalue weighted by Gasteiger charge is -2.32. The van der Waals surface area contributed by atoms with Crippen molar-refractivity contribution in [2.24, 2.45) is 0 Å². The molecule has 2 aromatic rings. The van der Waals surface area contributed by atoms with Gasteiger partial charge < -0.3 is 14.6 Å². The molecule has 25 heavy (non-hydrogen) atoms. The predicted octanol–water partition coefficient (Wildman–Crippen LogP) is 4.23. The minimum atomic E-state index is -0.154. The van der Waals surface area contributed by atoms with Gasteiger partial charge in [0.05, 0.1) is 22.9 Å². The Balaban J connectivity index is 1.66. The maximum absolute atomic E-state index is 12.7. The Bertz CT molecular complexity index is 725. The molecule has 0 radical (unpaired) electrons. The number of benzene rings is 1. The van der Waals surface area contributed by atoms with Gasteiger partial charge in [-0.2, -0.15) is 0 Å². The molecular formula is C19H27N3O2S. The van der Waals surface area contributed by atoms with Crippen LogP contribution in [0.3, 0.4) is 0 Å². The van der Waals surface area contributed by atoms with Gasteiger partial charge in [0.15, 0.2) is 5.16 Å². The fourth-order valence-electron chi connectivity index (χ4n) is 3.43. The molecule has 0 bridgehead atoms. The fraction of sp³-hybridized carbons (Fsp3) is 0.579. The van der Waals surface area contributed by atoms with E-state index < -0.39 is 0 Å². The Kier molecular flexibility index (Phi) is 5.89. The van der Waals surface area contributed by atoms with Crippen molar-refractivity contribution in [2.45, 2.75) is 62.4 Å². The largest absolute Gasteiger partial charge is 0.494 e. The summed E-state index contributed by atoms with van der Waals surface area (Å²) in [5.41, 5.74) is 1.83. The van der Waals surface area contributed by atoms with Gasteiger partial charge in [0.1, 0.15) is 5.75 Å². The van der Waals surface area contributed by atoms with Crippen LogP contribution in [-0.4, -0.2) is 45.7 Å². The number of hydrogen-bond donors (Lipinski definition) is 1. The molecule has 1 aromatic heterocycles. The summed E-state index contributed by atoms with van der Waals surface area (Å²) in [6, 6.07) is 6.22. The molecule has 1 amide bonds. The maximum atomic E-state index is 12.7. The Hall–Kier alpha value is -1.69. The summed E-state index contributed by atoms with van der Waals surface area (Å²) in [5.74, 6) is 1.02. The molecule has 1 aromatic carbocycles. The third-order valence-corrected chi connectivity index (χ3v) is 5.82. The molecule has 0 aliphatic heterocycles. The Morgan fingerprint density at radius 1 is 1.40 bits per heavy atom. The quantitative estimate of drug-likeness (QED) is 0.782. The van der Waals surface area contributed by atoms with Gasteiger partial charge in [0.25, 0.3) is 0 Å². The number of carbonyl (C=O) groups is 1. The lowest BCUT2D eigenvalue weighted by Crippen LogP contribution is -2.42. The summed E-state index contributed by atoms with van der Waals surface area (Å²) in [5, 5.41) is 0.625. The smallest absolute Gasteiger partial charge is 0.235 e. The number of ether oxygens (including phenoxy) is 1. The third kappa shape index (κ3) is 4.29. The van der Waals surface area contributed by atoms with E-state index in [0.29, 0.717) is 12.6 Å². The Morgan fingerprint density at radius 3 is 2.88 bits per heavy atom. The minimum absolute atomic E-state index is 0.154. The zero-order valence-corrected chi connectivity index (χ0v) is 16.1. The third-order valence-electron chi connectivity index (χ3n) is 4.85. The second-order valence-electron chi connectivity index (χ2n) is 6.65. The summed E-state index contributed by atoms with van der Waals surface area (Å²) < 4.78 is 5.53. The zero-order valence-electron chi connectivity index (χ0n) is 15.2. The van der Waals surface area contributed by atoms with Crippen LogP contribution in [0.5, 0.6) is 5.75 Å². The molecule has 0 spiro atoms. The average Bonchev–Trinajstić information content (AvgIpc) is 3.03. The SMILES string of the molecule is CCOc1ccc2nc(SC(C)C(=O)N(C)C3CCCCC3)[nH]c2c1. The topological polar surface area (TPSA) is 58.2 Å². The summed E-state index contributed by atoms with van der Waals surface area (Å²) in [7, 11) is 1.95. The monoisotopic (exact) mass is 361 g/mol. The van der Waals surface area contributed by atoms with E-state index in [2.05, 4.69) is 9.97 Å². The van der Waals surface area contributed by atoms with Gasteiger partial charge in [0, 0.05) is 19.2 Å². The maximum Gasteiger partial charge on any atom is 0.235 e. The molecular weight excluding hydrogens is 334 g/mol. The van der Waals surface area contributed by atoms with Crippen molar-refractivity contribution in [1.82, 2.24) is 14.9 Å². The van der Waals surface area contributed by atoms with E-state index in [1.54, 1.807) is 0 Å². The lowest BCUT2D eigenvalue weighted by atomic mass is 9.94. The van der Waals surface area contributed by atoms with Crippen LogP contribution in [-0.2, 0) is 4.79 Å². The predicted molar refractivity (Wildman–Crippen MR) is 102 cm³/mol. The molecule has 0 saturated heterocycles. The molecule has 1 saturated carbocycles. The van der Waals surface area contributed by atoms with Crippen molar-refractivity contribution >= 4 is 28.7 Å². The number of aromatic nitrogens is 2. The van der Waals surface area contributed by atoms with Crippen molar-refractivity contribution in [2.75, 3.05) is 13.7 Å². The average molecular weight is 362 g/mol. The normalized spacial score (nSPS) is 16.8. The van der Waals surface area contributed by atoms with Crippen LogP contribution in [0.1, 0.15) is 46.0 Å². The number of aromatic amines is 1. The van der Waals surface area contributed by atoms with Gasteiger partial charge >= 0.3 is 0 Å². The summed E-state index contributed by atoms with van der Waals surface area (Å²) in [4.78, 5) is 22.6. The Labute approximate surface area is 153 Å². The summed E-state index contributed by atoms with van der Waals surface area (Å²) >= 11 is 1.49. The number of amides is 1. The highest BCUT2D eigenvalue weighted by molar-refractivity contribution is 8.00. The van der Waals surface area contributed by atoms with Gasteiger partial charge in [-0.3, -0.25) is 4.79 Å². The first-order chi connectivity index (χ1) is 12.1. The standard InChI is InChI=1S/C19H27N3O2S/c1-4-24-15-10-11-16-17(12-15)21-19(20-16)25-13(2)18(23)22(3)14-8-6-5-7-9-14/h10-14H,4-9H2,1-3H3,(H,20,21). The first-order valence-electron chi connectivity index (χ1n) is 9.14. The number of rotatable bonds is 6. The number of thioether (sulfide) groups is 1. The van der Waals surface area contributed by atoms with Crippen LogP contribution >= 0.6 is 11.8 Å². The van der Waals surface area contributed by atoms with Crippen LogP contribution in [0, 0.1) is 0 Å². The molecule has 1 N–H and O–H groups in total. The van der Waals surface area contributed by atoms with Crippen LogP contribution in [0.25, 0.3) is 11.0 Å². The summed E-state index contributed by atoms with van der Waals surface area (Å²) in [6.45, 7) is 4.57. The molecule has 3 rings (SSSR count). The second kappa shape index (κ2) is 8.13. The molecule has 1 heterocycles. The summed E-state index contributed by atoms with van der Waals surface area (Å²) in [6.07, 6.45) is 6.02. The van der Waals surface area contributed by atoms with Crippen molar-refractivity contribution in [1.29, 1.82) is 0 Å². The van der Waals surface area contributed by atoms with Crippen LogP contribution in [0.4, 0.5) is 0 Å². The molecule has 1 fully saturated rings. The molecule has 5 nitrogen and oxygen atoms in total. The molecule has 6 heteroatoms. The number of carbonyl (C=O) groups excluding carboxylic acids is 1. The van der Waals surface area contributed by atoms with E-state index in [4.69, 9.17) is 4.74 Å². The lowest BCUT2D eigenvalue weighted by molar-refractivity contribution is -0.131. The van der Waals surface area contributed by atoms with Gasteiger partial charge in [-0.1, -0.05) is 31.0 Å².